The highest BCUT2D eigenvalue weighted by molar-refractivity contribution is 4.88. The highest BCUT2D eigenvalue weighted by atomic mass is 16.5. The van der Waals surface area contributed by atoms with Gasteiger partial charge in [0.2, 0.25) is 0 Å². The van der Waals surface area contributed by atoms with Gasteiger partial charge in [0, 0.05) is 13.1 Å². The minimum atomic E-state index is -0.568. The summed E-state index contributed by atoms with van der Waals surface area (Å²) in [4.78, 5) is 1.92. The molecule has 1 unspecified atom stereocenters. The van der Waals surface area contributed by atoms with Gasteiger partial charge in [-0.15, -0.1) is 0 Å². The molecule has 0 radical (unpaired) electrons. The van der Waals surface area contributed by atoms with Gasteiger partial charge in [0.15, 0.2) is 0 Å². The van der Waals surface area contributed by atoms with Gasteiger partial charge in [-0.2, -0.15) is 5.48 Å². The van der Waals surface area contributed by atoms with Crippen LogP contribution in [0, 0.1) is 5.92 Å². The second-order valence-electron chi connectivity index (χ2n) is 4.73. The van der Waals surface area contributed by atoms with Crippen molar-refractivity contribution < 1.29 is 15.4 Å². The van der Waals surface area contributed by atoms with Crippen LogP contribution < -0.4 is 5.48 Å². The Kier molecular flexibility index (Phi) is 8.72. The normalized spacial score (nSPS) is 15.5. The maximum absolute atomic E-state index is 9.54. The largest absolute Gasteiger partial charge is 0.395 e. The standard InChI is InChI=1S/C12H28N2O3/c1-4-5-6-12(13-17,11(2)3)14(7-9-15)8-10-16/h11,13,15-17H,4-10H2,1-3H3. The molecular formula is C12H28N2O3. The van der Waals surface area contributed by atoms with Gasteiger partial charge in [0.1, 0.15) is 0 Å². The summed E-state index contributed by atoms with van der Waals surface area (Å²) in [6, 6.07) is 0. The second-order valence-corrected chi connectivity index (χ2v) is 4.73. The van der Waals surface area contributed by atoms with Crippen LogP contribution in [0.25, 0.3) is 0 Å². The van der Waals surface area contributed by atoms with Crippen LogP contribution in [-0.2, 0) is 0 Å². The van der Waals surface area contributed by atoms with Crippen molar-refractivity contribution >= 4 is 0 Å². The summed E-state index contributed by atoms with van der Waals surface area (Å²) in [7, 11) is 0. The lowest BCUT2D eigenvalue weighted by Gasteiger charge is -2.45. The summed E-state index contributed by atoms with van der Waals surface area (Å²) in [5.41, 5.74) is 1.86. The van der Waals surface area contributed by atoms with Crippen LogP contribution in [0.3, 0.4) is 0 Å². The van der Waals surface area contributed by atoms with E-state index in [1.165, 1.54) is 0 Å². The Morgan fingerprint density at radius 3 is 2.00 bits per heavy atom. The van der Waals surface area contributed by atoms with Crippen molar-refractivity contribution in [3.8, 4) is 0 Å². The average molecular weight is 248 g/mol. The van der Waals surface area contributed by atoms with Crippen LogP contribution in [-0.4, -0.2) is 52.3 Å². The lowest BCUT2D eigenvalue weighted by Crippen LogP contribution is -2.62. The summed E-state index contributed by atoms with van der Waals surface area (Å²) >= 11 is 0. The third-order valence-electron chi connectivity index (χ3n) is 3.36. The second kappa shape index (κ2) is 8.83. The smallest absolute Gasteiger partial charge is 0.0969 e. The monoisotopic (exact) mass is 248 g/mol. The molecule has 0 saturated heterocycles. The molecule has 0 amide bonds. The van der Waals surface area contributed by atoms with Gasteiger partial charge >= 0.3 is 0 Å². The fourth-order valence-electron chi connectivity index (χ4n) is 2.27. The van der Waals surface area contributed by atoms with E-state index in [9.17, 15) is 5.21 Å². The fourth-order valence-corrected chi connectivity index (χ4v) is 2.27. The van der Waals surface area contributed by atoms with Gasteiger partial charge in [-0.3, -0.25) is 4.90 Å². The van der Waals surface area contributed by atoms with E-state index in [4.69, 9.17) is 10.2 Å². The van der Waals surface area contributed by atoms with Crippen molar-refractivity contribution in [2.75, 3.05) is 26.3 Å². The predicted octanol–water partition coefficient (Wildman–Crippen LogP) is 0.794. The first kappa shape index (κ1) is 16.8. The first-order valence-corrected chi connectivity index (χ1v) is 6.47. The molecule has 0 aliphatic heterocycles. The molecule has 17 heavy (non-hydrogen) atoms. The molecule has 0 saturated carbocycles. The molecule has 1 atom stereocenters. The van der Waals surface area contributed by atoms with Crippen LogP contribution in [0.5, 0.6) is 0 Å². The Hall–Kier alpha value is -0.200. The van der Waals surface area contributed by atoms with Crippen molar-refractivity contribution in [2.45, 2.75) is 45.7 Å². The molecule has 5 nitrogen and oxygen atoms in total. The summed E-state index contributed by atoms with van der Waals surface area (Å²) in [6.07, 6.45) is 2.82. The number of nitrogens with zero attached hydrogens (tertiary/aromatic N) is 1. The predicted molar refractivity (Wildman–Crippen MR) is 67.8 cm³/mol. The zero-order valence-corrected chi connectivity index (χ0v) is 11.3. The lowest BCUT2D eigenvalue weighted by atomic mass is 9.89. The molecule has 4 N–H and O–H groups in total. The Morgan fingerprint density at radius 2 is 1.71 bits per heavy atom. The lowest BCUT2D eigenvalue weighted by molar-refractivity contribution is -0.0950. The first-order chi connectivity index (χ1) is 8.08. The number of hydrogen-bond donors (Lipinski definition) is 4. The quantitative estimate of drug-likeness (QED) is 0.340. The number of hydrogen-bond acceptors (Lipinski definition) is 5. The molecule has 5 heteroatoms. The van der Waals surface area contributed by atoms with E-state index in [1.807, 2.05) is 18.7 Å². The van der Waals surface area contributed by atoms with Gasteiger partial charge in [-0.1, -0.05) is 33.6 Å². The third kappa shape index (κ3) is 4.52. The van der Waals surface area contributed by atoms with Gasteiger partial charge in [-0.25, -0.2) is 0 Å². The van der Waals surface area contributed by atoms with Crippen LogP contribution in [0.4, 0.5) is 0 Å². The summed E-state index contributed by atoms with van der Waals surface area (Å²) < 4.78 is 0. The molecule has 0 spiro atoms. The SMILES string of the molecule is CCCCC(NO)(C(C)C)N(CCO)CCO. The van der Waals surface area contributed by atoms with Crippen LogP contribution in [0.15, 0.2) is 0 Å². The highest BCUT2D eigenvalue weighted by Crippen LogP contribution is 2.27. The molecule has 104 valence electrons. The molecular weight excluding hydrogens is 220 g/mol. The van der Waals surface area contributed by atoms with Crippen LogP contribution >= 0.6 is 0 Å². The Labute approximate surface area is 104 Å². The van der Waals surface area contributed by atoms with Crippen LogP contribution in [0.2, 0.25) is 0 Å². The van der Waals surface area contributed by atoms with E-state index in [-0.39, 0.29) is 19.1 Å². The Bertz CT molecular complexity index is 185. The van der Waals surface area contributed by atoms with Crippen molar-refractivity contribution in [3.05, 3.63) is 0 Å². The fraction of sp³-hybridized carbons (Fsp3) is 1.00. The van der Waals surface area contributed by atoms with E-state index in [2.05, 4.69) is 12.4 Å². The number of hydroxylamine groups is 1. The molecule has 0 heterocycles. The molecule has 0 bridgehead atoms. The van der Waals surface area contributed by atoms with E-state index in [0.29, 0.717) is 13.1 Å². The topological polar surface area (TPSA) is 76.0 Å². The molecule has 0 aliphatic rings. The van der Waals surface area contributed by atoms with Crippen LogP contribution in [0.1, 0.15) is 40.0 Å². The number of aliphatic hydroxyl groups is 2. The van der Waals surface area contributed by atoms with Crippen molar-refractivity contribution in [3.63, 3.8) is 0 Å². The van der Waals surface area contributed by atoms with Gasteiger partial charge in [-0.05, 0) is 12.3 Å². The average Bonchev–Trinajstić information content (AvgIpc) is 2.30. The van der Waals surface area contributed by atoms with Gasteiger partial charge in [0.25, 0.3) is 0 Å². The molecule has 0 aliphatic carbocycles. The molecule has 0 aromatic carbocycles. The van der Waals surface area contributed by atoms with Crippen molar-refractivity contribution in [1.29, 1.82) is 0 Å². The Morgan fingerprint density at radius 1 is 1.18 bits per heavy atom. The first-order valence-electron chi connectivity index (χ1n) is 6.47. The van der Waals surface area contributed by atoms with E-state index < -0.39 is 5.66 Å². The number of rotatable bonds is 10. The Balaban J connectivity index is 4.91. The van der Waals surface area contributed by atoms with Crippen molar-refractivity contribution in [1.82, 2.24) is 10.4 Å². The van der Waals surface area contributed by atoms with Gasteiger partial charge in [0.05, 0.1) is 18.9 Å². The number of aliphatic hydroxyl groups excluding tert-OH is 2. The maximum atomic E-state index is 9.54. The minimum Gasteiger partial charge on any atom is -0.395 e. The van der Waals surface area contributed by atoms with E-state index in [1.54, 1.807) is 0 Å². The molecule has 0 fully saturated rings. The molecule has 0 rings (SSSR count). The van der Waals surface area contributed by atoms with E-state index in [0.717, 1.165) is 19.3 Å². The van der Waals surface area contributed by atoms with Gasteiger partial charge < -0.3 is 15.4 Å². The number of nitrogens with one attached hydrogen (secondary N) is 1. The molecule has 0 aromatic heterocycles. The maximum Gasteiger partial charge on any atom is 0.0969 e. The third-order valence-corrected chi connectivity index (χ3v) is 3.36. The summed E-state index contributed by atoms with van der Waals surface area (Å²) in [5, 5.41) is 27.7. The summed E-state index contributed by atoms with van der Waals surface area (Å²) in [6.45, 7) is 7.07. The number of unbranched alkanes of at least 4 members (excludes halogenated alkanes) is 1. The van der Waals surface area contributed by atoms with Crippen molar-refractivity contribution in [2.24, 2.45) is 5.92 Å². The minimum absolute atomic E-state index is 0.0161. The summed E-state index contributed by atoms with van der Waals surface area (Å²) in [5.74, 6) is 0.178. The van der Waals surface area contributed by atoms with E-state index >= 15 is 0 Å². The highest BCUT2D eigenvalue weighted by Gasteiger charge is 2.38. The molecule has 0 aromatic rings. The zero-order valence-electron chi connectivity index (χ0n) is 11.3. The zero-order chi connectivity index (χ0) is 13.3.